The highest BCUT2D eigenvalue weighted by molar-refractivity contribution is 5.80. The van der Waals surface area contributed by atoms with Crippen molar-refractivity contribution in [1.82, 2.24) is 5.32 Å². The highest BCUT2D eigenvalue weighted by Gasteiger charge is 2.12. The van der Waals surface area contributed by atoms with E-state index in [9.17, 15) is 9.59 Å². The van der Waals surface area contributed by atoms with Gasteiger partial charge in [0.15, 0.2) is 12.9 Å². The zero-order chi connectivity index (χ0) is 14.4. The Morgan fingerprint density at radius 2 is 2.15 bits per heavy atom. The summed E-state index contributed by atoms with van der Waals surface area (Å²) in [6, 6.07) is 10.1. The molecule has 0 saturated heterocycles. The predicted molar refractivity (Wildman–Crippen MR) is 72.6 cm³/mol. The lowest BCUT2D eigenvalue weighted by molar-refractivity contribution is -0.123. The monoisotopic (exact) mass is 273 g/mol. The second kappa shape index (κ2) is 6.56. The van der Waals surface area contributed by atoms with Crippen molar-refractivity contribution in [2.24, 2.45) is 0 Å². The molecule has 104 valence electrons. The molecule has 1 heterocycles. The molecule has 0 radical (unpaired) electrons. The molecule has 2 rings (SSSR count). The molecule has 1 N–H and O–H groups in total. The van der Waals surface area contributed by atoms with Gasteiger partial charge in [-0.2, -0.15) is 0 Å². The van der Waals surface area contributed by atoms with Crippen LogP contribution in [0.2, 0.25) is 0 Å². The number of nitrogens with one attached hydrogen (secondary N) is 1. The number of aldehydes is 1. The van der Waals surface area contributed by atoms with E-state index in [-0.39, 0.29) is 18.6 Å². The van der Waals surface area contributed by atoms with Crippen LogP contribution in [0, 0.1) is 0 Å². The summed E-state index contributed by atoms with van der Waals surface area (Å²) in [5.41, 5.74) is 0.416. The van der Waals surface area contributed by atoms with Crippen LogP contribution in [0.5, 0.6) is 5.75 Å². The zero-order valence-corrected chi connectivity index (χ0v) is 11.0. The van der Waals surface area contributed by atoms with Crippen molar-refractivity contribution in [3.05, 3.63) is 54.0 Å². The standard InChI is InChI=1S/C15H15NO4/c1-11(13-7-4-8-19-13)16-15(18)10-20-14-6-3-2-5-12(14)9-17/h2-9,11H,10H2,1H3,(H,16,18)/t11-/m1/s1. The van der Waals surface area contributed by atoms with Crippen LogP contribution in [0.1, 0.15) is 29.1 Å². The quantitative estimate of drug-likeness (QED) is 0.820. The van der Waals surface area contributed by atoms with E-state index in [0.717, 1.165) is 0 Å². The van der Waals surface area contributed by atoms with E-state index in [1.807, 2.05) is 6.92 Å². The van der Waals surface area contributed by atoms with E-state index in [2.05, 4.69) is 5.32 Å². The van der Waals surface area contributed by atoms with Gasteiger partial charge in [0.1, 0.15) is 11.5 Å². The minimum Gasteiger partial charge on any atom is -0.483 e. The minimum atomic E-state index is -0.283. The molecule has 0 bridgehead atoms. The summed E-state index contributed by atoms with van der Waals surface area (Å²) in [5.74, 6) is 0.782. The first-order valence-corrected chi connectivity index (χ1v) is 6.20. The molecule has 1 aromatic carbocycles. The average Bonchev–Trinajstić information content (AvgIpc) is 2.99. The second-order valence-electron chi connectivity index (χ2n) is 4.25. The van der Waals surface area contributed by atoms with Crippen molar-refractivity contribution < 1.29 is 18.7 Å². The van der Waals surface area contributed by atoms with Gasteiger partial charge in [-0.15, -0.1) is 0 Å². The van der Waals surface area contributed by atoms with Gasteiger partial charge >= 0.3 is 0 Å². The molecule has 1 atom stereocenters. The lowest BCUT2D eigenvalue weighted by Crippen LogP contribution is -2.31. The van der Waals surface area contributed by atoms with E-state index in [0.29, 0.717) is 23.4 Å². The number of carbonyl (C=O) groups excluding carboxylic acids is 2. The number of carbonyl (C=O) groups is 2. The summed E-state index contributed by atoms with van der Waals surface area (Å²) in [6.07, 6.45) is 2.24. The third-order valence-electron chi connectivity index (χ3n) is 2.75. The molecule has 0 saturated carbocycles. The fraction of sp³-hybridized carbons (Fsp3) is 0.200. The van der Waals surface area contributed by atoms with Crippen LogP contribution in [0.3, 0.4) is 0 Å². The lowest BCUT2D eigenvalue weighted by atomic mass is 10.2. The van der Waals surface area contributed by atoms with E-state index in [4.69, 9.17) is 9.15 Å². The van der Waals surface area contributed by atoms with Crippen molar-refractivity contribution in [2.75, 3.05) is 6.61 Å². The summed E-state index contributed by atoms with van der Waals surface area (Å²) in [7, 11) is 0. The topological polar surface area (TPSA) is 68.5 Å². The maximum atomic E-state index is 11.8. The van der Waals surface area contributed by atoms with E-state index < -0.39 is 0 Å². The van der Waals surface area contributed by atoms with Crippen LogP contribution in [-0.2, 0) is 4.79 Å². The Morgan fingerprint density at radius 1 is 1.35 bits per heavy atom. The van der Waals surface area contributed by atoms with Crippen molar-refractivity contribution in [3.8, 4) is 5.75 Å². The normalized spacial score (nSPS) is 11.7. The largest absolute Gasteiger partial charge is 0.483 e. The average molecular weight is 273 g/mol. The molecular weight excluding hydrogens is 258 g/mol. The summed E-state index contributed by atoms with van der Waals surface area (Å²) in [5, 5.41) is 2.74. The number of benzene rings is 1. The van der Waals surface area contributed by atoms with Crippen molar-refractivity contribution >= 4 is 12.2 Å². The van der Waals surface area contributed by atoms with Crippen LogP contribution in [0.25, 0.3) is 0 Å². The molecule has 1 amide bonds. The smallest absolute Gasteiger partial charge is 0.258 e. The Kier molecular flexibility index (Phi) is 4.55. The van der Waals surface area contributed by atoms with Crippen molar-refractivity contribution in [2.45, 2.75) is 13.0 Å². The number of rotatable bonds is 6. The first-order valence-electron chi connectivity index (χ1n) is 6.20. The number of para-hydroxylation sites is 1. The highest BCUT2D eigenvalue weighted by Crippen LogP contribution is 2.16. The van der Waals surface area contributed by atoms with Crippen LogP contribution in [-0.4, -0.2) is 18.8 Å². The predicted octanol–water partition coefficient (Wildman–Crippen LogP) is 2.35. The summed E-state index contributed by atoms with van der Waals surface area (Å²) < 4.78 is 10.5. The highest BCUT2D eigenvalue weighted by atomic mass is 16.5. The Morgan fingerprint density at radius 3 is 2.85 bits per heavy atom. The van der Waals surface area contributed by atoms with Crippen LogP contribution < -0.4 is 10.1 Å². The first kappa shape index (κ1) is 13.9. The summed E-state index contributed by atoms with van der Waals surface area (Å²) >= 11 is 0. The SMILES string of the molecule is C[C@@H](NC(=O)COc1ccccc1C=O)c1ccco1. The van der Waals surface area contributed by atoms with E-state index in [1.54, 1.807) is 42.7 Å². The minimum absolute atomic E-state index is 0.157. The fourth-order valence-corrected chi connectivity index (χ4v) is 1.74. The van der Waals surface area contributed by atoms with Gasteiger partial charge in [0.2, 0.25) is 0 Å². The second-order valence-corrected chi connectivity index (χ2v) is 4.25. The molecule has 2 aromatic rings. The number of furan rings is 1. The molecule has 5 heteroatoms. The molecule has 0 unspecified atom stereocenters. The van der Waals surface area contributed by atoms with Crippen LogP contribution in [0.4, 0.5) is 0 Å². The van der Waals surface area contributed by atoms with E-state index >= 15 is 0 Å². The Labute approximate surface area is 116 Å². The summed E-state index contributed by atoms with van der Waals surface area (Å²) in [6.45, 7) is 1.66. The molecule has 0 fully saturated rings. The molecule has 0 aliphatic heterocycles. The lowest BCUT2D eigenvalue weighted by Gasteiger charge is -2.12. The molecule has 0 aliphatic carbocycles. The van der Waals surface area contributed by atoms with Gasteiger partial charge < -0.3 is 14.5 Å². The molecular formula is C15H15NO4. The molecule has 0 aliphatic rings. The Hall–Kier alpha value is -2.56. The van der Waals surface area contributed by atoms with Gasteiger partial charge in [-0.05, 0) is 31.2 Å². The van der Waals surface area contributed by atoms with Gasteiger partial charge in [-0.25, -0.2) is 0 Å². The van der Waals surface area contributed by atoms with Gasteiger partial charge in [-0.3, -0.25) is 9.59 Å². The first-order chi connectivity index (χ1) is 9.70. The molecule has 20 heavy (non-hydrogen) atoms. The van der Waals surface area contributed by atoms with E-state index in [1.165, 1.54) is 0 Å². The number of ether oxygens (including phenoxy) is 1. The Bertz CT molecular complexity index is 577. The molecule has 5 nitrogen and oxygen atoms in total. The maximum Gasteiger partial charge on any atom is 0.258 e. The maximum absolute atomic E-state index is 11.8. The van der Waals surface area contributed by atoms with Crippen molar-refractivity contribution in [3.63, 3.8) is 0 Å². The zero-order valence-electron chi connectivity index (χ0n) is 11.0. The third-order valence-corrected chi connectivity index (χ3v) is 2.75. The molecule has 1 aromatic heterocycles. The fourth-order valence-electron chi connectivity index (χ4n) is 1.74. The van der Waals surface area contributed by atoms with Gasteiger partial charge in [0.25, 0.3) is 5.91 Å². The van der Waals surface area contributed by atoms with Crippen LogP contribution >= 0.6 is 0 Å². The molecule has 0 spiro atoms. The number of hydrogen-bond donors (Lipinski definition) is 1. The van der Waals surface area contributed by atoms with Crippen molar-refractivity contribution in [1.29, 1.82) is 0 Å². The third kappa shape index (κ3) is 3.47. The number of amides is 1. The van der Waals surface area contributed by atoms with Gasteiger partial charge in [0, 0.05) is 0 Å². The van der Waals surface area contributed by atoms with Gasteiger partial charge in [-0.1, -0.05) is 12.1 Å². The van der Waals surface area contributed by atoms with Crippen LogP contribution in [0.15, 0.2) is 47.1 Å². The van der Waals surface area contributed by atoms with Gasteiger partial charge in [0.05, 0.1) is 17.9 Å². The Balaban J connectivity index is 1.88. The number of hydrogen-bond acceptors (Lipinski definition) is 4. The summed E-state index contributed by atoms with van der Waals surface area (Å²) in [4.78, 5) is 22.6.